The minimum absolute atomic E-state index is 0.339. The Kier molecular flexibility index (Phi) is 3.93. The molecule has 114 valence electrons. The predicted molar refractivity (Wildman–Crippen MR) is 90.9 cm³/mol. The van der Waals surface area contributed by atoms with E-state index in [2.05, 4.69) is 26.2 Å². The van der Waals surface area contributed by atoms with Crippen LogP contribution in [0, 0.1) is 6.92 Å². The molecule has 1 unspecified atom stereocenters. The van der Waals surface area contributed by atoms with Gasteiger partial charge in [0.05, 0.1) is 12.1 Å². The molecule has 0 bridgehead atoms. The molecule has 0 aliphatic rings. The molecule has 3 rings (SSSR count). The van der Waals surface area contributed by atoms with E-state index in [0.717, 1.165) is 26.8 Å². The molecule has 0 saturated heterocycles. The van der Waals surface area contributed by atoms with Crippen molar-refractivity contribution in [1.82, 2.24) is 4.98 Å². The molecule has 1 aromatic carbocycles. The number of anilines is 1. The van der Waals surface area contributed by atoms with Gasteiger partial charge in [0, 0.05) is 21.7 Å². The maximum absolute atomic E-state index is 10.6. The van der Waals surface area contributed by atoms with E-state index in [0.29, 0.717) is 12.3 Å². The predicted octanol–water partition coefficient (Wildman–Crippen LogP) is 4.22. The molecule has 22 heavy (non-hydrogen) atoms. The van der Waals surface area contributed by atoms with E-state index in [4.69, 9.17) is 4.42 Å². The first-order valence-corrected chi connectivity index (χ1v) is 7.82. The summed E-state index contributed by atoms with van der Waals surface area (Å²) in [5.74, 6) is 1.34. The Morgan fingerprint density at radius 3 is 2.82 bits per heavy atom. The SMILES string of the molecule is Cc1ccc(C(C)(O)CNc2ccnc3ccc(Br)cc23)o1. The van der Waals surface area contributed by atoms with Crippen LogP contribution in [0.5, 0.6) is 0 Å². The number of nitrogens with one attached hydrogen (secondary N) is 1. The van der Waals surface area contributed by atoms with Crippen molar-refractivity contribution >= 4 is 32.5 Å². The lowest BCUT2D eigenvalue weighted by molar-refractivity contribution is 0.0468. The Balaban J connectivity index is 1.86. The summed E-state index contributed by atoms with van der Waals surface area (Å²) in [6, 6.07) is 11.5. The van der Waals surface area contributed by atoms with Gasteiger partial charge in [-0.25, -0.2) is 0 Å². The van der Waals surface area contributed by atoms with Gasteiger partial charge in [-0.15, -0.1) is 0 Å². The molecule has 0 spiro atoms. The number of aryl methyl sites for hydroxylation is 1. The quantitative estimate of drug-likeness (QED) is 0.731. The van der Waals surface area contributed by atoms with E-state index in [-0.39, 0.29) is 0 Å². The van der Waals surface area contributed by atoms with Crippen molar-refractivity contribution in [2.75, 3.05) is 11.9 Å². The number of aromatic nitrogens is 1. The van der Waals surface area contributed by atoms with E-state index in [9.17, 15) is 5.11 Å². The molecule has 0 radical (unpaired) electrons. The molecule has 2 aromatic heterocycles. The van der Waals surface area contributed by atoms with Crippen LogP contribution in [0.3, 0.4) is 0 Å². The van der Waals surface area contributed by atoms with Crippen molar-refractivity contribution < 1.29 is 9.52 Å². The number of halogens is 1. The van der Waals surface area contributed by atoms with E-state index in [1.807, 2.05) is 37.3 Å². The Morgan fingerprint density at radius 1 is 1.27 bits per heavy atom. The molecule has 4 nitrogen and oxygen atoms in total. The second kappa shape index (κ2) is 5.74. The third-order valence-corrected chi connectivity index (χ3v) is 4.09. The Bertz CT molecular complexity index is 811. The van der Waals surface area contributed by atoms with Gasteiger partial charge in [-0.3, -0.25) is 4.98 Å². The normalized spacial score (nSPS) is 14.0. The highest BCUT2D eigenvalue weighted by Crippen LogP contribution is 2.28. The number of rotatable bonds is 4. The Morgan fingerprint density at radius 2 is 2.09 bits per heavy atom. The molecule has 0 saturated carbocycles. The van der Waals surface area contributed by atoms with Gasteiger partial charge in [0.2, 0.25) is 0 Å². The third kappa shape index (κ3) is 3.00. The lowest BCUT2D eigenvalue weighted by atomic mass is 10.0. The highest BCUT2D eigenvalue weighted by Gasteiger charge is 2.26. The lowest BCUT2D eigenvalue weighted by Crippen LogP contribution is -2.30. The molecule has 2 heterocycles. The zero-order chi connectivity index (χ0) is 15.7. The fraction of sp³-hybridized carbons (Fsp3) is 0.235. The Hall–Kier alpha value is -1.85. The van der Waals surface area contributed by atoms with Crippen LogP contribution in [0.25, 0.3) is 10.9 Å². The van der Waals surface area contributed by atoms with Gasteiger partial charge >= 0.3 is 0 Å². The molecule has 5 heteroatoms. The smallest absolute Gasteiger partial charge is 0.137 e. The van der Waals surface area contributed by atoms with Crippen molar-refractivity contribution in [3.05, 3.63) is 58.6 Å². The third-order valence-electron chi connectivity index (χ3n) is 3.60. The van der Waals surface area contributed by atoms with Gasteiger partial charge in [0.1, 0.15) is 17.1 Å². The van der Waals surface area contributed by atoms with Gasteiger partial charge in [0.15, 0.2) is 0 Å². The van der Waals surface area contributed by atoms with Crippen LogP contribution in [0.4, 0.5) is 5.69 Å². The summed E-state index contributed by atoms with van der Waals surface area (Å²) in [6.45, 7) is 3.93. The lowest BCUT2D eigenvalue weighted by Gasteiger charge is -2.22. The number of hydrogen-bond donors (Lipinski definition) is 2. The summed E-state index contributed by atoms with van der Waals surface area (Å²) in [7, 11) is 0. The van der Waals surface area contributed by atoms with Gasteiger partial charge in [-0.05, 0) is 50.2 Å². The first kappa shape index (κ1) is 15.1. The van der Waals surface area contributed by atoms with Gasteiger partial charge in [0.25, 0.3) is 0 Å². The summed E-state index contributed by atoms with van der Waals surface area (Å²) >= 11 is 3.48. The second-order valence-electron chi connectivity index (χ2n) is 5.56. The van der Waals surface area contributed by atoms with Gasteiger partial charge in [-0.2, -0.15) is 0 Å². The number of fused-ring (bicyclic) bond motifs is 1. The first-order valence-electron chi connectivity index (χ1n) is 7.03. The Labute approximate surface area is 137 Å². The van der Waals surface area contributed by atoms with Gasteiger partial charge in [-0.1, -0.05) is 15.9 Å². The van der Waals surface area contributed by atoms with Crippen LogP contribution >= 0.6 is 15.9 Å². The monoisotopic (exact) mass is 360 g/mol. The number of aliphatic hydroxyl groups is 1. The largest absolute Gasteiger partial charge is 0.463 e. The summed E-state index contributed by atoms with van der Waals surface area (Å²) in [4.78, 5) is 4.35. The van der Waals surface area contributed by atoms with E-state index < -0.39 is 5.60 Å². The zero-order valence-corrected chi connectivity index (χ0v) is 14.0. The van der Waals surface area contributed by atoms with Crippen molar-refractivity contribution in [2.24, 2.45) is 0 Å². The molecule has 0 amide bonds. The molecule has 0 fully saturated rings. The van der Waals surface area contributed by atoms with E-state index >= 15 is 0 Å². The highest BCUT2D eigenvalue weighted by atomic mass is 79.9. The molecule has 0 aliphatic carbocycles. The number of pyridine rings is 1. The van der Waals surface area contributed by atoms with Crippen LogP contribution in [0.15, 0.2) is 51.5 Å². The van der Waals surface area contributed by atoms with Crippen molar-refractivity contribution in [3.8, 4) is 0 Å². The maximum Gasteiger partial charge on any atom is 0.137 e. The molecule has 1 atom stereocenters. The fourth-order valence-electron chi connectivity index (χ4n) is 2.35. The average Bonchev–Trinajstić information content (AvgIpc) is 2.92. The molecule has 2 N–H and O–H groups in total. The van der Waals surface area contributed by atoms with Crippen molar-refractivity contribution in [1.29, 1.82) is 0 Å². The van der Waals surface area contributed by atoms with Crippen LogP contribution in [-0.4, -0.2) is 16.6 Å². The van der Waals surface area contributed by atoms with Crippen LogP contribution in [0.1, 0.15) is 18.4 Å². The number of nitrogens with zero attached hydrogens (tertiary/aromatic N) is 1. The van der Waals surface area contributed by atoms with Crippen LogP contribution < -0.4 is 5.32 Å². The number of furan rings is 1. The molecular formula is C17H17BrN2O2. The summed E-state index contributed by atoms with van der Waals surface area (Å²) < 4.78 is 6.52. The molecule has 0 aliphatic heterocycles. The fourth-order valence-corrected chi connectivity index (χ4v) is 2.71. The minimum Gasteiger partial charge on any atom is -0.463 e. The minimum atomic E-state index is -1.09. The first-order chi connectivity index (χ1) is 10.5. The summed E-state index contributed by atoms with van der Waals surface area (Å²) in [6.07, 6.45) is 1.75. The van der Waals surface area contributed by atoms with Crippen LogP contribution in [0.2, 0.25) is 0 Å². The molecular weight excluding hydrogens is 344 g/mol. The highest BCUT2D eigenvalue weighted by molar-refractivity contribution is 9.10. The van der Waals surface area contributed by atoms with Crippen LogP contribution in [-0.2, 0) is 5.60 Å². The average molecular weight is 361 g/mol. The van der Waals surface area contributed by atoms with Gasteiger partial charge < -0.3 is 14.8 Å². The topological polar surface area (TPSA) is 58.3 Å². The van der Waals surface area contributed by atoms with E-state index in [1.165, 1.54) is 0 Å². The zero-order valence-electron chi connectivity index (χ0n) is 12.4. The second-order valence-corrected chi connectivity index (χ2v) is 6.47. The summed E-state index contributed by atoms with van der Waals surface area (Å²) in [5.41, 5.74) is 0.743. The van der Waals surface area contributed by atoms with Crippen molar-refractivity contribution in [3.63, 3.8) is 0 Å². The number of hydrogen-bond acceptors (Lipinski definition) is 4. The number of benzene rings is 1. The maximum atomic E-state index is 10.6. The summed E-state index contributed by atoms with van der Waals surface area (Å²) in [5, 5.41) is 14.9. The molecule has 3 aromatic rings. The van der Waals surface area contributed by atoms with E-state index in [1.54, 1.807) is 19.2 Å². The van der Waals surface area contributed by atoms with Crippen molar-refractivity contribution in [2.45, 2.75) is 19.4 Å². The standard InChI is InChI=1S/C17H17BrN2O2/c1-11-3-6-16(22-11)17(2,21)10-20-15-7-8-19-14-5-4-12(18)9-13(14)15/h3-9,21H,10H2,1-2H3,(H,19,20).